The molecule has 0 unspecified atom stereocenters. The topological polar surface area (TPSA) is 222 Å². The zero-order chi connectivity index (χ0) is 32.0. The molecule has 0 fully saturated rings. The van der Waals surface area contributed by atoms with Crippen LogP contribution in [0, 0.1) is 13.8 Å². The molecule has 0 spiro atoms. The van der Waals surface area contributed by atoms with Crippen molar-refractivity contribution in [3.63, 3.8) is 0 Å². The molecule has 0 aliphatic carbocycles. The van der Waals surface area contributed by atoms with E-state index in [4.69, 9.17) is 8.83 Å². The highest BCUT2D eigenvalue weighted by Crippen LogP contribution is 2.43. The highest BCUT2D eigenvalue weighted by molar-refractivity contribution is 5.99. The zero-order valence-corrected chi connectivity index (χ0v) is 23.0. The van der Waals surface area contributed by atoms with Gasteiger partial charge in [-0.2, -0.15) is 0 Å². The molecule has 6 aromatic rings. The fraction of sp³-hybridized carbons (Fsp3) is 0.0625. The van der Waals surface area contributed by atoms with Crippen molar-refractivity contribution < 1.29 is 49.7 Å². The molecule has 0 bridgehead atoms. The number of rotatable bonds is 2. The number of hydrogen-bond donors (Lipinski definition) is 8. The summed E-state index contributed by atoms with van der Waals surface area (Å²) in [5.41, 5.74) is 0.297. The molecule has 0 saturated carbocycles. The molecule has 44 heavy (non-hydrogen) atoms. The Morgan fingerprint density at radius 1 is 0.455 bits per heavy atom. The Kier molecular flexibility index (Phi) is 7.19. The van der Waals surface area contributed by atoms with Crippen LogP contribution in [0.5, 0.6) is 46.4 Å². The Labute approximate surface area is 246 Å². The van der Waals surface area contributed by atoms with Gasteiger partial charge in [-0.15, -0.1) is 0 Å². The average Bonchev–Trinajstić information content (AvgIpc) is 2.86. The summed E-state index contributed by atoms with van der Waals surface area (Å²) in [6, 6.07) is 11.9. The van der Waals surface area contributed by atoms with Gasteiger partial charge in [-0.3, -0.25) is 9.59 Å². The zero-order valence-electron chi connectivity index (χ0n) is 23.0. The lowest BCUT2D eigenvalue weighted by Crippen LogP contribution is -1.97. The monoisotopic (exact) mass is 600 g/mol. The molecule has 0 aliphatic rings. The molecule has 2 heterocycles. The van der Waals surface area contributed by atoms with Crippen LogP contribution in [0.2, 0.25) is 0 Å². The van der Waals surface area contributed by atoms with Crippen LogP contribution in [0.4, 0.5) is 0 Å². The van der Waals surface area contributed by atoms with Crippen LogP contribution >= 0.6 is 0 Å². The van der Waals surface area contributed by atoms with E-state index in [-0.39, 0.29) is 57.1 Å². The van der Waals surface area contributed by atoms with Gasteiger partial charge in [0.15, 0.2) is 10.9 Å². The van der Waals surface area contributed by atoms with Gasteiger partial charge in [-0.25, -0.2) is 0 Å². The molecule has 12 nitrogen and oxygen atoms in total. The van der Waals surface area contributed by atoms with Crippen LogP contribution in [0.1, 0.15) is 11.1 Å². The smallest absolute Gasteiger partial charge is 0.286 e. The van der Waals surface area contributed by atoms with Crippen LogP contribution < -0.4 is 10.9 Å². The van der Waals surface area contributed by atoms with E-state index in [1.807, 2.05) is 0 Å². The minimum absolute atomic E-state index is 0.0191. The van der Waals surface area contributed by atoms with Gasteiger partial charge in [0, 0.05) is 35.0 Å². The van der Waals surface area contributed by atoms with E-state index >= 15 is 0 Å². The Morgan fingerprint density at radius 2 is 0.818 bits per heavy atom. The van der Waals surface area contributed by atoms with Crippen LogP contribution in [-0.2, 0) is 0 Å². The van der Waals surface area contributed by atoms with Crippen LogP contribution in [0.25, 0.3) is 44.2 Å². The van der Waals surface area contributed by atoms with E-state index < -0.39 is 22.8 Å². The number of benzene rings is 4. The third-order valence-corrected chi connectivity index (χ3v) is 6.86. The maximum Gasteiger partial charge on any atom is 0.286 e. The van der Waals surface area contributed by atoms with Gasteiger partial charge in [-0.1, -0.05) is 0 Å². The fourth-order valence-corrected chi connectivity index (χ4v) is 5.18. The molecule has 2 aromatic heterocycles. The normalized spacial score (nSPS) is 11.0. The molecular formula is C32H24O12. The van der Waals surface area contributed by atoms with Gasteiger partial charge in [0.25, 0.3) is 11.9 Å². The Bertz CT molecular complexity index is 2070. The SMILES string of the molecule is Cc1c(-c2cc(=O)cc(O)o2)c(O)cc2cc(O)cc(O)c12.Cc1c(-c2cc(=O)cc(O)o2)c(O)cc2cc(O)cc(O)c12. The second kappa shape index (κ2) is 10.8. The van der Waals surface area contributed by atoms with Crippen molar-refractivity contribution in [3.8, 4) is 69.0 Å². The third-order valence-electron chi connectivity index (χ3n) is 6.86. The quantitative estimate of drug-likeness (QED) is 0.129. The van der Waals surface area contributed by atoms with Gasteiger partial charge in [0.05, 0.1) is 23.3 Å². The highest BCUT2D eigenvalue weighted by atomic mass is 16.5. The number of aromatic hydroxyl groups is 8. The summed E-state index contributed by atoms with van der Waals surface area (Å²) < 4.78 is 10.2. The van der Waals surface area contributed by atoms with Gasteiger partial charge in [-0.05, 0) is 60.0 Å². The number of phenolic OH excluding ortho intramolecular Hbond substituents is 6. The molecular weight excluding hydrogens is 576 g/mol. The molecule has 0 amide bonds. The predicted molar refractivity (Wildman–Crippen MR) is 159 cm³/mol. The molecule has 4 aromatic carbocycles. The first-order valence-corrected chi connectivity index (χ1v) is 12.8. The van der Waals surface area contributed by atoms with Crippen LogP contribution in [-0.4, -0.2) is 40.9 Å². The second-order valence-corrected chi connectivity index (χ2v) is 9.91. The average molecular weight is 601 g/mol. The van der Waals surface area contributed by atoms with E-state index in [1.54, 1.807) is 13.8 Å². The summed E-state index contributed by atoms with van der Waals surface area (Å²) in [6.45, 7) is 3.25. The van der Waals surface area contributed by atoms with Crippen molar-refractivity contribution in [2.24, 2.45) is 0 Å². The van der Waals surface area contributed by atoms with Crippen molar-refractivity contribution in [2.75, 3.05) is 0 Å². The predicted octanol–water partition coefficient (Wildman–Crippen LogP) is 5.18. The summed E-state index contributed by atoms with van der Waals surface area (Å²) in [6.07, 6.45) is 0. The molecule has 0 radical (unpaired) electrons. The van der Waals surface area contributed by atoms with Gasteiger partial charge >= 0.3 is 0 Å². The summed E-state index contributed by atoms with van der Waals surface area (Å²) in [4.78, 5) is 23.0. The maximum absolute atomic E-state index is 11.5. The molecule has 6 rings (SSSR count). The Morgan fingerprint density at radius 3 is 1.16 bits per heavy atom. The fourth-order valence-electron chi connectivity index (χ4n) is 5.18. The summed E-state index contributed by atoms with van der Waals surface area (Å²) >= 11 is 0. The molecule has 0 saturated heterocycles. The van der Waals surface area contributed by atoms with Gasteiger partial charge in [0.1, 0.15) is 46.0 Å². The van der Waals surface area contributed by atoms with Crippen molar-refractivity contribution in [2.45, 2.75) is 13.8 Å². The van der Waals surface area contributed by atoms with E-state index in [0.29, 0.717) is 32.7 Å². The van der Waals surface area contributed by atoms with E-state index in [1.165, 1.54) is 36.4 Å². The standard InChI is InChI=1S/2C16H12O6/c2*1-7-15-8(2-9(17)4-12(15)20)3-11(19)16(7)13-5-10(18)6-14(21)22-13/h2*2-6,17,19-21H,1H3. The molecule has 8 N–H and O–H groups in total. The number of hydrogen-bond acceptors (Lipinski definition) is 12. The summed E-state index contributed by atoms with van der Waals surface area (Å²) in [5.74, 6) is -2.21. The number of fused-ring (bicyclic) bond motifs is 2. The van der Waals surface area contributed by atoms with E-state index in [9.17, 15) is 50.4 Å². The number of aryl methyl sites for hydroxylation is 2. The van der Waals surface area contributed by atoms with Crippen LogP contribution in [0.15, 0.2) is 79.1 Å². The lowest BCUT2D eigenvalue weighted by Gasteiger charge is -2.13. The minimum Gasteiger partial charge on any atom is -0.508 e. The highest BCUT2D eigenvalue weighted by Gasteiger charge is 2.19. The largest absolute Gasteiger partial charge is 0.508 e. The third kappa shape index (κ3) is 5.34. The Hall–Kier alpha value is -6.30. The maximum atomic E-state index is 11.5. The van der Waals surface area contributed by atoms with Crippen molar-refractivity contribution >= 4 is 21.5 Å². The summed E-state index contributed by atoms with van der Waals surface area (Å²) in [5, 5.41) is 80.0. The van der Waals surface area contributed by atoms with Gasteiger partial charge in [0.2, 0.25) is 0 Å². The first-order chi connectivity index (χ1) is 20.7. The van der Waals surface area contributed by atoms with Gasteiger partial charge < -0.3 is 49.7 Å². The van der Waals surface area contributed by atoms with E-state index in [0.717, 1.165) is 24.3 Å². The molecule has 0 atom stereocenters. The van der Waals surface area contributed by atoms with Crippen LogP contribution in [0.3, 0.4) is 0 Å². The first-order valence-electron chi connectivity index (χ1n) is 12.8. The summed E-state index contributed by atoms with van der Waals surface area (Å²) in [7, 11) is 0. The van der Waals surface area contributed by atoms with E-state index in [2.05, 4.69) is 0 Å². The molecule has 12 heteroatoms. The second-order valence-electron chi connectivity index (χ2n) is 9.91. The Balaban J connectivity index is 0.000000175. The minimum atomic E-state index is -0.573. The lowest BCUT2D eigenvalue weighted by molar-refractivity contribution is 0.326. The molecule has 0 aliphatic heterocycles. The van der Waals surface area contributed by atoms with Crippen molar-refractivity contribution in [1.82, 2.24) is 0 Å². The molecule has 224 valence electrons. The van der Waals surface area contributed by atoms with Crippen molar-refractivity contribution in [3.05, 3.63) is 92.2 Å². The number of phenols is 6. The van der Waals surface area contributed by atoms with Crippen molar-refractivity contribution in [1.29, 1.82) is 0 Å². The lowest BCUT2D eigenvalue weighted by atomic mass is 9.96. The first kappa shape index (κ1) is 29.2.